The van der Waals surface area contributed by atoms with Crippen LogP contribution in [-0.4, -0.2) is 51.7 Å². The van der Waals surface area contributed by atoms with Gasteiger partial charge in [0.05, 0.1) is 24.7 Å². The summed E-state index contributed by atoms with van der Waals surface area (Å²) in [5.74, 6) is -0.505. The fourth-order valence-electron chi connectivity index (χ4n) is 3.08. The van der Waals surface area contributed by atoms with E-state index in [2.05, 4.69) is 10.4 Å². The van der Waals surface area contributed by atoms with Gasteiger partial charge in [-0.1, -0.05) is 0 Å². The molecule has 3 N–H and O–H groups in total. The second-order valence-electron chi connectivity index (χ2n) is 6.55. The van der Waals surface area contributed by atoms with Crippen molar-refractivity contribution in [3.63, 3.8) is 0 Å². The van der Waals surface area contributed by atoms with Crippen LogP contribution in [0.25, 0.3) is 0 Å². The highest BCUT2D eigenvalue weighted by Gasteiger charge is 2.29. The zero-order valence-electron chi connectivity index (χ0n) is 14.2. The van der Waals surface area contributed by atoms with Gasteiger partial charge >= 0.3 is 0 Å². The number of hydrogen-bond acceptors (Lipinski definition) is 4. The van der Waals surface area contributed by atoms with Crippen molar-refractivity contribution in [2.45, 2.75) is 52.2 Å². The number of nitrogens with zero attached hydrogens (tertiary/aromatic N) is 3. The molecule has 0 unspecified atom stereocenters. The zero-order valence-corrected chi connectivity index (χ0v) is 14.2. The predicted molar refractivity (Wildman–Crippen MR) is 87.5 cm³/mol. The SMILES string of the molecule is Cc1cnn(C[C@H](C)N[C@H](C)C(=O)N2CCC[C@H](C(N)=O)C2)c1. The van der Waals surface area contributed by atoms with Gasteiger partial charge in [-0.25, -0.2) is 0 Å². The molecule has 1 aromatic rings. The Morgan fingerprint density at radius 2 is 2.22 bits per heavy atom. The van der Waals surface area contributed by atoms with E-state index in [0.29, 0.717) is 19.6 Å². The van der Waals surface area contributed by atoms with Crippen LogP contribution in [0, 0.1) is 12.8 Å². The normalized spacial score (nSPS) is 21.0. The average Bonchev–Trinajstić information content (AvgIpc) is 2.91. The van der Waals surface area contributed by atoms with Crippen LogP contribution >= 0.6 is 0 Å². The molecule has 7 heteroatoms. The maximum absolute atomic E-state index is 12.5. The molecule has 2 rings (SSSR count). The van der Waals surface area contributed by atoms with Crippen LogP contribution in [0.4, 0.5) is 0 Å². The standard InChI is InChI=1S/C16H27N5O2/c1-11-7-18-21(8-11)9-12(2)19-13(3)16(23)20-6-4-5-14(10-20)15(17)22/h7-8,12-14,19H,4-6,9-10H2,1-3H3,(H2,17,22)/t12-,13+,14-/m0/s1. The van der Waals surface area contributed by atoms with E-state index in [0.717, 1.165) is 18.4 Å². The van der Waals surface area contributed by atoms with Gasteiger partial charge in [-0.15, -0.1) is 0 Å². The Balaban J connectivity index is 1.85. The molecule has 128 valence electrons. The predicted octanol–water partition coefficient (Wildman–Crippen LogP) is 0.282. The Bertz CT molecular complexity index is 556. The summed E-state index contributed by atoms with van der Waals surface area (Å²) < 4.78 is 1.87. The van der Waals surface area contributed by atoms with Gasteiger partial charge in [0.15, 0.2) is 0 Å². The summed E-state index contributed by atoms with van der Waals surface area (Å²) >= 11 is 0. The first-order valence-corrected chi connectivity index (χ1v) is 8.20. The van der Waals surface area contributed by atoms with Crippen LogP contribution in [-0.2, 0) is 16.1 Å². The number of carbonyl (C=O) groups excluding carboxylic acids is 2. The van der Waals surface area contributed by atoms with E-state index in [4.69, 9.17) is 5.73 Å². The number of piperidine rings is 1. The van der Waals surface area contributed by atoms with Crippen molar-refractivity contribution in [1.82, 2.24) is 20.0 Å². The van der Waals surface area contributed by atoms with Crippen molar-refractivity contribution in [1.29, 1.82) is 0 Å². The lowest BCUT2D eigenvalue weighted by Gasteiger charge is -2.33. The monoisotopic (exact) mass is 321 g/mol. The maximum Gasteiger partial charge on any atom is 0.239 e. The first-order chi connectivity index (χ1) is 10.9. The van der Waals surface area contributed by atoms with E-state index < -0.39 is 0 Å². The van der Waals surface area contributed by atoms with Gasteiger partial charge in [-0.05, 0) is 39.2 Å². The Kier molecular flexibility index (Phi) is 5.76. The highest BCUT2D eigenvalue weighted by molar-refractivity contribution is 5.83. The smallest absolute Gasteiger partial charge is 0.239 e. The van der Waals surface area contributed by atoms with Crippen molar-refractivity contribution < 1.29 is 9.59 Å². The summed E-state index contributed by atoms with van der Waals surface area (Å²) in [7, 11) is 0. The molecule has 0 radical (unpaired) electrons. The number of amides is 2. The number of aryl methyl sites for hydroxylation is 1. The maximum atomic E-state index is 12.5. The summed E-state index contributed by atoms with van der Waals surface area (Å²) in [6, 6.07) is -0.182. The number of primary amides is 1. The molecule has 2 amide bonds. The highest BCUT2D eigenvalue weighted by Crippen LogP contribution is 2.16. The van der Waals surface area contributed by atoms with Crippen LogP contribution in [0.15, 0.2) is 12.4 Å². The zero-order chi connectivity index (χ0) is 17.0. The quantitative estimate of drug-likeness (QED) is 0.787. The number of aromatic nitrogens is 2. The molecular weight excluding hydrogens is 294 g/mol. The van der Waals surface area contributed by atoms with Crippen molar-refractivity contribution in [3.8, 4) is 0 Å². The van der Waals surface area contributed by atoms with E-state index in [9.17, 15) is 9.59 Å². The Hall–Kier alpha value is -1.89. The number of likely N-dealkylation sites (tertiary alicyclic amines) is 1. The van der Waals surface area contributed by atoms with E-state index >= 15 is 0 Å². The molecule has 2 heterocycles. The van der Waals surface area contributed by atoms with Gasteiger partial charge in [-0.2, -0.15) is 5.10 Å². The van der Waals surface area contributed by atoms with Gasteiger partial charge < -0.3 is 16.0 Å². The summed E-state index contributed by atoms with van der Waals surface area (Å²) in [5, 5.41) is 7.57. The molecule has 23 heavy (non-hydrogen) atoms. The van der Waals surface area contributed by atoms with Crippen LogP contribution in [0.1, 0.15) is 32.3 Å². The summed E-state index contributed by atoms with van der Waals surface area (Å²) in [4.78, 5) is 25.6. The molecule has 0 aromatic carbocycles. The van der Waals surface area contributed by atoms with Crippen LogP contribution in [0.5, 0.6) is 0 Å². The molecule has 7 nitrogen and oxygen atoms in total. The summed E-state index contributed by atoms with van der Waals surface area (Å²) in [5.41, 5.74) is 6.49. The molecule has 1 aliphatic rings. The van der Waals surface area contributed by atoms with Crippen LogP contribution < -0.4 is 11.1 Å². The van der Waals surface area contributed by atoms with E-state index in [-0.39, 0.29) is 29.8 Å². The van der Waals surface area contributed by atoms with Gasteiger partial charge in [0.25, 0.3) is 0 Å². The second kappa shape index (κ2) is 7.59. The third-order valence-corrected chi connectivity index (χ3v) is 4.26. The van der Waals surface area contributed by atoms with Crippen LogP contribution in [0.2, 0.25) is 0 Å². The fraction of sp³-hybridized carbons (Fsp3) is 0.688. The van der Waals surface area contributed by atoms with Crippen molar-refractivity contribution in [2.75, 3.05) is 13.1 Å². The van der Waals surface area contributed by atoms with Crippen molar-refractivity contribution in [2.24, 2.45) is 11.7 Å². The molecule has 1 saturated heterocycles. The fourth-order valence-corrected chi connectivity index (χ4v) is 3.08. The lowest BCUT2D eigenvalue weighted by molar-refractivity contribution is -0.136. The Morgan fingerprint density at radius 1 is 1.48 bits per heavy atom. The number of nitrogens with one attached hydrogen (secondary N) is 1. The number of rotatable bonds is 6. The molecule has 1 fully saturated rings. The van der Waals surface area contributed by atoms with Crippen molar-refractivity contribution >= 4 is 11.8 Å². The number of hydrogen-bond donors (Lipinski definition) is 2. The third kappa shape index (κ3) is 4.79. The average molecular weight is 321 g/mol. The highest BCUT2D eigenvalue weighted by atomic mass is 16.2. The Labute approximate surface area is 137 Å². The van der Waals surface area contributed by atoms with Crippen LogP contribution in [0.3, 0.4) is 0 Å². The Morgan fingerprint density at radius 3 is 2.83 bits per heavy atom. The first-order valence-electron chi connectivity index (χ1n) is 8.20. The lowest BCUT2D eigenvalue weighted by atomic mass is 9.97. The number of carbonyl (C=O) groups is 2. The molecule has 1 aliphatic heterocycles. The molecule has 0 spiro atoms. The van der Waals surface area contributed by atoms with Gasteiger partial charge in [-0.3, -0.25) is 14.3 Å². The molecule has 0 aliphatic carbocycles. The minimum absolute atomic E-state index is 0.0273. The molecule has 1 aromatic heterocycles. The summed E-state index contributed by atoms with van der Waals surface area (Å²) in [6.07, 6.45) is 5.40. The van der Waals surface area contributed by atoms with E-state index in [1.54, 1.807) is 4.90 Å². The topological polar surface area (TPSA) is 93.2 Å². The number of nitrogens with two attached hydrogens (primary N) is 1. The first kappa shape index (κ1) is 17.5. The third-order valence-electron chi connectivity index (χ3n) is 4.26. The molecule has 0 saturated carbocycles. The molecule has 3 atom stereocenters. The minimum atomic E-state index is -0.314. The lowest BCUT2D eigenvalue weighted by Crippen LogP contribution is -2.52. The minimum Gasteiger partial charge on any atom is -0.369 e. The molecule has 0 bridgehead atoms. The van der Waals surface area contributed by atoms with E-state index in [1.165, 1.54) is 0 Å². The van der Waals surface area contributed by atoms with E-state index in [1.807, 2.05) is 37.8 Å². The molecular formula is C16H27N5O2. The van der Waals surface area contributed by atoms with Gasteiger partial charge in [0.2, 0.25) is 11.8 Å². The van der Waals surface area contributed by atoms with Crippen molar-refractivity contribution in [3.05, 3.63) is 18.0 Å². The largest absolute Gasteiger partial charge is 0.369 e. The van der Waals surface area contributed by atoms with Gasteiger partial charge in [0.1, 0.15) is 0 Å². The second-order valence-corrected chi connectivity index (χ2v) is 6.55. The van der Waals surface area contributed by atoms with Gasteiger partial charge in [0, 0.05) is 25.3 Å². The summed E-state index contributed by atoms with van der Waals surface area (Å²) in [6.45, 7) is 7.73.